The summed E-state index contributed by atoms with van der Waals surface area (Å²) in [6.45, 7) is 12.9. The van der Waals surface area contributed by atoms with Crippen molar-refractivity contribution in [2.45, 2.75) is 59.0 Å². The molecule has 2 aromatic carbocycles. The van der Waals surface area contributed by atoms with Crippen LogP contribution in [0.1, 0.15) is 60.9 Å². The van der Waals surface area contributed by atoms with Gasteiger partial charge in [0, 0.05) is 12.2 Å². The minimum Gasteiger partial charge on any atom is -0.493 e. The van der Waals surface area contributed by atoms with Crippen molar-refractivity contribution in [1.29, 1.82) is 0 Å². The molecule has 1 aliphatic heterocycles. The number of rotatable bonds is 8. The summed E-state index contributed by atoms with van der Waals surface area (Å²) in [5, 5.41) is 10.2. The van der Waals surface area contributed by atoms with Gasteiger partial charge in [0.05, 0.1) is 6.61 Å². The Morgan fingerprint density at radius 2 is 2.07 bits per heavy atom. The number of hydrogen-bond donors (Lipinski definition) is 1. The van der Waals surface area contributed by atoms with E-state index in [0.29, 0.717) is 12.2 Å². The van der Waals surface area contributed by atoms with Gasteiger partial charge >= 0.3 is 5.97 Å². The molecule has 4 nitrogen and oxygen atoms in total. The third-order valence-electron chi connectivity index (χ3n) is 6.09. The normalized spacial score (nSPS) is 15.1. The number of aryl methyl sites for hydroxylation is 1. The molecule has 0 spiro atoms. The Morgan fingerprint density at radius 3 is 2.73 bits per heavy atom. The standard InChI is InChI=1S/C26H32O4/c1-6-8-16-30-26(5,25(27)28)24-17(3)11-12-19(7-2)23(24)21-13-14-22-20(18(21)4)10-9-15-29-22/h7,11-14H,2,6,8-10,15-16H2,1,3-5H3,(H,27,28). The zero-order valence-corrected chi connectivity index (χ0v) is 18.5. The Kier molecular flexibility index (Phi) is 6.67. The van der Waals surface area contributed by atoms with Gasteiger partial charge in [-0.15, -0.1) is 0 Å². The van der Waals surface area contributed by atoms with Crippen LogP contribution in [-0.4, -0.2) is 24.3 Å². The first-order chi connectivity index (χ1) is 14.3. The Hall–Kier alpha value is -2.59. The van der Waals surface area contributed by atoms with Gasteiger partial charge in [-0.05, 0) is 79.5 Å². The summed E-state index contributed by atoms with van der Waals surface area (Å²) in [5.41, 5.74) is 5.27. The van der Waals surface area contributed by atoms with E-state index < -0.39 is 11.6 Å². The maximum Gasteiger partial charge on any atom is 0.340 e. The highest BCUT2D eigenvalue weighted by Gasteiger charge is 2.40. The van der Waals surface area contributed by atoms with Gasteiger partial charge in [0.1, 0.15) is 5.75 Å². The number of hydrogen-bond acceptors (Lipinski definition) is 3. The lowest BCUT2D eigenvalue weighted by Gasteiger charge is -2.32. The van der Waals surface area contributed by atoms with Gasteiger partial charge in [-0.25, -0.2) is 4.79 Å². The summed E-state index contributed by atoms with van der Waals surface area (Å²) in [4.78, 5) is 12.5. The predicted molar refractivity (Wildman–Crippen MR) is 121 cm³/mol. The fraction of sp³-hybridized carbons (Fsp3) is 0.423. The Bertz CT molecular complexity index is 960. The molecule has 0 saturated heterocycles. The first kappa shape index (κ1) is 22.1. The number of unbranched alkanes of at least 4 members (excludes halogenated alkanes) is 1. The molecule has 0 aliphatic carbocycles. The summed E-state index contributed by atoms with van der Waals surface area (Å²) in [6, 6.07) is 8.01. The van der Waals surface area contributed by atoms with Crippen LogP contribution in [0.15, 0.2) is 30.8 Å². The third kappa shape index (κ3) is 3.89. The smallest absolute Gasteiger partial charge is 0.340 e. The summed E-state index contributed by atoms with van der Waals surface area (Å²) >= 11 is 0. The van der Waals surface area contributed by atoms with Crippen LogP contribution in [-0.2, 0) is 21.6 Å². The second kappa shape index (κ2) is 9.05. The van der Waals surface area contributed by atoms with Crippen LogP contribution < -0.4 is 4.74 Å². The molecule has 0 amide bonds. The first-order valence-corrected chi connectivity index (χ1v) is 10.7. The second-order valence-electron chi connectivity index (χ2n) is 8.13. The van der Waals surface area contributed by atoms with Crippen LogP contribution in [0, 0.1) is 13.8 Å². The van der Waals surface area contributed by atoms with Crippen LogP contribution in [0.3, 0.4) is 0 Å². The zero-order chi connectivity index (χ0) is 21.9. The molecule has 160 valence electrons. The average molecular weight is 409 g/mol. The van der Waals surface area contributed by atoms with E-state index in [9.17, 15) is 9.90 Å². The third-order valence-corrected chi connectivity index (χ3v) is 6.09. The highest BCUT2D eigenvalue weighted by atomic mass is 16.5. The molecule has 1 heterocycles. The van der Waals surface area contributed by atoms with Crippen molar-refractivity contribution in [3.8, 4) is 16.9 Å². The van der Waals surface area contributed by atoms with E-state index in [0.717, 1.165) is 65.9 Å². The van der Waals surface area contributed by atoms with E-state index in [2.05, 4.69) is 20.4 Å². The predicted octanol–water partition coefficient (Wildman–Crippen LogP) is 6.05. The van der Waals surface area contributed by atoms with Crippen LogP contribution in [0.25, 0.3) is 17.2 Å². The van der Waals surface area contributed by atoms with Crippen LogP contribution in [0.2, 0.25) is 0 Å². The molecule has 0 bridgehead atoms. The van der Waals surface area contributed by atoms with Crippen LogP contribution in [0.4, 0.5) is 0 Å². The molecule has 0 saturated carbocycles. The molecule has 4 heteroatoms. The number of carboxylic acid groups (broad SMARTS) is 1. The molecule has 1 atom stereocenters. The van der Waals surface area contributed by atoms with Gasteiger partial charge in [0.15, 0.2) is 5.60 Å². The molecular formula is C26H32O4. The minimum absolute atomic E-state index is 0.396. The molecule has 30 heavy (non-hydrogen) atoms. The quantitative estimate of drug-likeness (QED) is 0.540. The summed E-state index contributed by atoms with van der Waals surface area (Å²) in [7, 11) is 0. The van der Waals surface area contributed by atoms with Crippen molar-refractivity contribution in [3.63, 3.8) is 0 Å². The second-order valence-corrected chi connectivity index (χ2v) is 8.13. The van der Waals surface area contributed by atoms with Gasteiger partial charge in [-0.2, -0.15) is 0 Å². The maximum absolute atomic E-state index is 12.5. The number of aliphatic carboxylic acids is 1. The van der Waals surface area contributed by atoms with Crippen molar-refractivity contribution in [1.82, 2.24) is 0 Å². The molecule has 1 unspecified atom stereocenters. The minimum atomic E-state index is -1.45. The highest BCUT2D eigenvalue weighted by Crippen LogP contribution is 2.43. The molecular weight excluding hydrogens is 376 g/mol. The van der Waals surface area contributed by atoms with E-state index in [1.165, 1.54) is 5.56 Å². The molecule has 1 N–H and O–H groups in total. The Balaban J connectivity index is 2.29. The summed E-state index contributed by atoms with van der Waals surface area (Å²) in [6.07, 6.45) is 5.50. The van der Waals surface area contributed by atoms with Gasteiger partial charge in [-0.3, -0.25) is 0 Å². The molecule has 3 rings (SSSR count). The largest absolute Gasteiger partial charge is 0.493 e. The number of ether oxygens (including phenoxy) is 2. The zero-order valence-electron chi connectivity index (χ0n) is 18.5. The lowest BCUT2D eigenvalue weighted by Crippen LogP contribution is -2.37. The monoisotopic (exact) mass is 408 g/mol. The summed E-state index contributed by atoms with van der Waals surface area (Å²) < 4.78 is 11.9. The van der Waals surface area contributed by atoms with Crippen LogP contribution >= 0.6 is 0 Å². The van der Waals surface area contributed by atoms with Crippen molar-refractivity contribution >= 4 is 12.0 Å². The number of carboxylic acids is 1. The fourth-order valence-electron chi connectivity index (χ4n) is 4.34. The molecule has 0 aromatic heterocycles. The van der Waals surface area contributed by atoms with E-state index >= 15 is 0 Å². The average Bonchev–Trinajstić information content (AvgIpc) is 2.74. The van der Waals surface area contributed by atoms with E-state index in [4.69, 9.17) is 9.47 Å². The molecule has 0 fully saturated rings. The number of carbonyl (C=O) groups is 1. The van der Waals surface area contributed by atoms with Crippen LogP contribution in [0.5, 0.6) is 5.75 Å². The maximum atomic E-state index is 12.5. The van der Waals surface area contributed by atoms with Gasteiger partial charge in [-0.1, -0.05) is 44.2 Å². The SMILES string of the molecule is C=Cc1ccc(C)c(C(C)(OCCCC)C(=O)O)c1-c1ccc2c(c1C)CCCO2. The van der Waals surface area contributed by atoms with Gasteiger partial charge in [0.25, 0.3) is 0 Å². The topological polar surface area (TPSA) is 55.8 Å². The fourth-order valence-corrected chi connectivity index (χ4v) is 4.34. The lowest BCUT2D eigenvalue weighted by molar-refractivity contribution is -0.165. The number of fused-ring (bicyclic) bond motifs is 1. The van der Waals surface area contributed by atoms with Gasteiger partial charge < -0.3 is 14.6 Å². The van der Waals surface area contributed by atoms with E-state index in [1.54, 1.807) is 13.0 Å². The summed E-state index contributed by atoms with van der Waals surface area (Å²) in [5.74, 6) is -0.0554. The Morgan fingerprint density at radius 1 is 1.30 bits per heavy atom. The first-order valence-electron chi connectivity index (χ1n) is 10.7. The molecule has 1 aliphatic rings. The van der Waals surface area contributed by atoms with Crippen molar-refractivity contribution < 1.29 is 19.4 Å². The van der Waals surface area contributed by atoms with E-state index in [-0.39, 0.29) is 0 Å². The Labute approximate surface area is 179 Å². The van der Waals surface area contributed by atoms with E-state index in [1.807, 2.05) is 31.2 Å². The lowest BCUT2D eigenvalue weighted by atomic mass is 9.80. The highest BCUT2D eigenvalue weighted by molar-refractivity contribution is 5.89. The van der Waals surface area contributed by atoms with Crippen molar-refractivity contribution in [3.05, 3.63) is 58.7 Å². The molecule has 2 aromatic rings. The number of benzene rings is 2. The van der Waals surface area contributed by atoms with Crippen molar-refractivity contribution in [2.24, 2.45) is 0 Å². The van der Waals surface area contributed by atoms with Gasteiger partial charge in [0.2, 0.25) is 0 Å². The molecule has 0 radical (unpaired) electrons. The van der Waals surface area contributed by atoms with Crippen molar-refractivity contribution in [2.75, 3.05) is 13.2 Å².